The van der Waals surface area contributed by atoms with Crippen molar-refractivity contribution in [3.8, 4) is 11.5 Å². The van der Waals surface area contributed by atoms with Crippen LogP contribution in [0, 0.1) is 0 Å². The predicted molar refractivity (Wildman–Crippen MR) is 76.4 cm³/mol. The molecule has 0 unspecified atom stereocenters. The van der Waals surface area contributed by atoms with Gasteiger partial charge in [-0.15, -0.1) is 0 Å². The molecule has 3 rings (SSSR count). The van der Waals surface area contributed by atoms with Crippen LogP contribution in [-0.2, 0) is 6.42 Å². The number of aromatic amines is 1. The first-order valence-electron chi connectivity index (χ1n) is 5.87. The first kappa shape index (κ1) is 11.4. The fraction of sp³-hybridized carbons (Fsp3) is 0.143. The molecule has 0 spiro atoms. The third-order valence-electron chi connectivity index (χ3n) is 2.94. The van der Waals surface area contributed by atoms with Crippen LogP contribution in [0.3, 0.4) is 0 Å². The molecule has 1 N–H and O–H groups in total. The summed E-state index contributed by atoms with van der Waals surface area (Å²) < 4.78 is 0.944. The Hall–Kier alpha value is -1.68. The summed E-state index contributed by atoms with van der Waals surface area (Å²) in [5.41, 5.74) is 4.17. The van der Waals surface area contributed by atoms with Gasteiger partial charge in [-0.3, -0.25) is 4.98 Å². The molecule has 0 saturated carbocycles. The molecular weight excluding hydrogens is 290 g/mol. The number of fused-ring (bicyclic) bond motifs is 1. The van der Waals surface area contributed by atoms with E-state index in [0.717, 1.165) is 33.4 Å². The number of halogens is 1. The van der Waals surface area contributed by atoms with Crippen LogP contribution in [0.2, 0.25) is 0 Å². The van der Waals surface area contributed by atoms with Crippen LogP contribution in [0.4, 0.5) is 0 Å². The molecule has 0 atom stereocenters. The number of aromatic nitrogens is 3. The van der Waals surface area contributed by atoms with E-state index in [4.69, 9.17) is 0 Å². The van der Waals surface area contributed by atoms with Gasteiger partial charge in [-0.25, -0.2) is 4.98 Å². The zero-order valence-electron chi connectivity index (χ0n) is 9.94. The van der Waals surface area contributed by atoms with Crippen LogP contribution in [0.15, 0.2) is 41.0 Å². The van der Waals surface area contributed by atoms with Crippen LogP contribution in [0.1, 0.15) is 12.5 Å². The van der Waals surface area contributed by atoms with Crippen LogP contribution in [0.5, 0.6) is 0 Å². The summed E-state index contributed by atoms with van der Waals surface area (Å²) >= 11 is 3.50. The minimum Gasteiger partial charge on any atom is -0.337 e. The summed E-state index contributed by atoms with van der Waals surface area (Å²) in [4.78, 5) is 12.2. The lowest BCUT2D eigenvalue weighted by Crippen LogP contribution is -1.85. The molecule has 0 radical (unpaired) electrons. The maximum atomic E-state index is 4.57. The minimum absolute atomic E-state index is 0.797. The molecular formula is C14H12BrN3. The van der Waals surface area contributed by atoms with Crippen molar-refractivity contribution in [2.24, 2.45) is 0 Å². The van der Waals surface area contributed by atoms with E-state index in [0.29, 0.717) is 0 Å². The van der Waals surface area contributed by atoms with Crippen LogP contribution in [-0.4, -0.2) is 15.0 Å². The molecule has 4 heteroatoms. The van der Waals surface area contributed by atoms with E-state index < -0.39 is 0 Å². The highest BCUT2D eigenvalue weighted by molar-refractivity contribution is 9.10. The van der Waals surface area contributed by atoms with E-state index in [1.54, 1.807) is 6.20 Å². The quantitative estimate of drug-likeness (QED) is 0.778. The van der Waals surface area contributed by atoms with Crippen molar-refractivity contribution in [1.82, 2.24) is 15.0 Å². The molecule has 0 fully saturated rings. The van der Waals surface area contributed by atoms with E-state index in [1.807, 2.05) is 18.2 Å². The zero-order chi connectivity index (χ0) is 12.5. The van der Waals surface area contributed by atoms with Crippen molar-refractivity contribution in [3.05, 3.63) is 46.6 Å². The number of imidazole rings is 1. The van der Waals surface area contributed by atoms with Crippen molar-refractivity contribution >= 4 is 27.0 Å². The third kappa shape index (κ3) is 1.93. The average Bonchev–Trinajstić information content (AvgIpc) is 2.81. The Bertz CT molecular complexity index is 703. The summed E-state index contributed by atoms with van der Waals surface area (Å²) in [6, 6.07) is 10.2. The summed E-state index contributed by atoms with van der Waals surface area (Å²) in [6.45, 7) is 2.15. The molecule has 0 aliphatic carbocycles. The van der Waals surface area contributed by atoms with Gasteiger partial charge < -0.3 is 4.98 Å². The van der Waals surface area contributed by atoms with Gasteiger partial charge in [-0.2, -0.15) is 0 Å². The summed E-state index contributed by atoms with van der Waals surface area (Å²) in [5, 5.41) is 0. The normalized spacial score (nSPS) is 11.0. The Kier molecular flexibility index (Phi) is 2.88. The molecule has 0 aliphatic rings. The number of hydrogen-bond donors (Lipinski definition) is 1. The zero-order valence-corrected chi connectivity index (χ0v) is 11.5. The first-order chi connectivity index (χ1) is 8.78. The smallest absolute Gasteiger partial charge is 0.158 e. The Balaban J connectivity index is 2.17. The molecule has 1 aromatic carbocycles. The second-order valence-electron chi connectivity index (χ2n) is 4.12. The van der Waals surface area contributed by atoms with Gasteiger partial charge in [-0.1, -0.05) is 13.0 Å². The highest BCUT2D eigenvalue weighted by Gasteiger charge is 2.09. The van der Waals surface area contributed by atoms with Gasteiger partial charge in [0.25, 0.3) is 0 Å². The van der Waals surface area contributed by atoms with Gasteiger partial charge in [0.05, 0.1) is 11.0 Å². The number of nitrogens with zero attached hydrogens (tertiary/aromatic N) is 2. The minimum atomic E-state index is 0.797. The van der Waals surface area contributed by atoms with Crippen molar-refractivity contribution < 1.29 is 0 Å². The number of benzene rings is 1. The Morgan fingerprint density at radius 3 is 2.94 bits per heavy atom. The number of H-pyrrole nitrogens is 1. The molecule has 3 aromatic rings. The van der Waals surface area contributed by atoms with E-state index in [-0.39, 0.29) is 0 Å². The van der Waals surface area contributed by atoms with Gasteiger partial charge in [0.2, 0.25) is 0 Å². The highest BCUT2D eigenvalue weighted by Crippen LogP contribution is 2.25. The number of hydrogen-bond acceptors (Lipinski definition) is 2. The van der Waals surface area contributed by atoms with E-state index >= 15 is 0 Å². The van der Waals surface area contributed by atoms with Crippen molar-refractivity contribution in [3.63, 3.8) is 0 Å². The largest absolute Gasteiger partial charge is 0.337 e. The van der Waals surface area contributed by atoms with Crippen LogP contribution in [0.25, 0.3) is 22.6 Å². The second kappa shape index (κ2) is 4.53. The molecule has 3 nitrogen and oxygen atoms in total. The molecule has 90 valence electrons. The van der Waals surface area contributed by atoms with Crippen molar-refractivity contribution in [2.75, 3.05) is 0 Å². The van der Waals surface area contributed by atoms with E-state index in [9.17, 15) is 0 Å². The molecule has 18 heavy (non-hydrogen) atoms. The Morgan fingerprint density at radius 1 is 1.28 bits per heavy atom. The monoisotopic (exact) mass is 301 g/mol. The third-order valence-corrected chi connectivity index (χ3v) is 3.58. The molecule has 0 amide bonds. The SMILES string of the molecule is CCc1ccc2nc(-c3ncccc3Br)[nH]c2c1. The maximum Gasteiger partial charge on any atom is 0.158 e. The van der Waals surface area contributed by atoms with E-state index in [1.165, 1.54) is 5.56 Å². The fourth-order valence-corrected chi connectivity index (χ4v) is 2.39. The topological polar surface area (TPSA) is 41.6 Å². The van der Waals surface area contributed by atoms with Gasteiger partial charge in [0.1, 0.15) is 5.69 Å². The lowest BCUT2D eigenvalue weighted by atomic mass is 10.1. The number of nitrogens with one attached hydrogen (secondary N) is 1. The van der Waals surface area contributed by atoms with Gasteiger partial charge in [0.15, 0.2) is 5.82 Å². The van der Waals surface area contributed by atoms with Crippen LogP contribution < -0.4 is 0 Å². The van der Waals surface area contributed by atoms with Gasteiger partial charge in [-0.05, 0) is 52.2 Å². The van der Waals surface area contributed by atoms with Crippen LogP contribution >= 0.6 is 15.9 Å². The lowest BCUT2D eigenvalue weighted by molar-refractivity contribution is 1.14. The Morgan fingerprint density at radius 2 is 2.17 bits per heavy atom. The Labute approximate surface area is 113 Å². The number of pyridine rings is 1. The predicted octanol–water partition coefficient (Wildman–Crippen LogP) is 3.95. The molecule has 2 aromatic heterocycles. The molecule has 0 aliphatic heterocycles. The summed E-state index contributed by atoms with van der Waals surface area (Å²) in [5.74, 6) is 0.797. The molecule has 0 saturated heterocycles. The number of rotatable bonds is 2. The summed E-state index contributed by atoms with van der Waals surface area (Å²) in [6.07, 6.45) is 2.79. The first-order valence-corrected chi connectivity index (χ1v) is 6.67. The van der Waals surface area contributed by atoms with Crippen molar-refractivity contribution in [2.45, 2.75) is 13.3 Å². The summed E-state index contributed by atoms with van der Waals surface area (Å²) in [7, 11) is 0. The standard InChI is InChI=1S/C14H12BrN3/c1-2-9-5-6-11-12(8-9)18-14(17-11)13-10(15)4-3-7-16-13/h3-8H,2H2,1H3,(H,17,18). The average molecular weight is 302 g/mol. The fourth-order valence-electron chi connectivity index (χ4n) is 1.95. The number of aryl methyl sites for hydroxylation is 1. The van der Waals surface area contributed by atoms with Gasteiger partial charge >= 0.3 is 0 Å². The maximum absolute atomic E-state index is 4.57. The lowest BCUT2D eigenvalue weighted by Gasteiger charge is -1.97. The molecule has 0 bridgehead atoms. The molecule has 2 heterocycles. The second-order valence-corrected chi connectivity index (χ2v) is 4.98. The van der Waals surface area contributed by atoms with Crippen molar-refractivity contribution in [1.29, 1.82) is 0 Å². The highest BCUT2D eigenvalue weighted by atomic mass is 79.9. The van der Waals surface area contributed by atoms with E-state index in [2.05, 4.69) is 49.9 Å². The van der Waals surface area contributed by atoms with Gasteiger partial charge in [0, 0.05) is 10.7 Å².